The Balaban J connectivity index is 2.50. The number of nitro benzene ring substituents is 1. The van der Waals surface area contributed by atoms with Gasteiger partial charge in [-0.3, -0.25) is 10.1 Å². The first-order valence-electron chi connectivity index (χ1n) is 7.37. The molecule has 7 heteroatoms. The smallest absolute Gasteiger partial charge is 0.270 e. The van der Waals surface area contributed by atoms with Gasteiger partial charge in [0.25, 0.3) is 5.69 Å². The van der Waals surface area contributed by atoms with Gasteiger partial charge in [0.15, 0.2) is 11.5 Å². The van der Waals surface area contributed by atoms with Gasteiger partial charge in [-0.1, -0.05) is 23.7 Å². The van der Waals surface area contributed by atoms with Crippen molar-refractivity contribution in [1.82, 2.24) is 0 Å². The molecule has 0 bridgehead atoms. The van der Waals surface area contributed by atoms with E-state index in [1.165, 1.54) is 25.3 Å². The van der Waals surface area contributed by atoms with E-state index in [0.29, 0.717) is 34.3 Å². The Morgan fingerprint density at radius 3 is 2.76 bits per heavy atom. The van der Waals surface area contributed by atoms with Crippen molar-refractivity contribution in [1.29, 1.82) is 5.26 Å². The second kappa shape index (κ2) is 8.18. The molecule has 2 rings (SSSR count). The van der Waals surface area contributed by atoms with Crippen LogP contribution in [0, 0.1) is 21.4 Å². The normalized spacial score (nSPS) is 10.9. The molecule has 2 aromatic carbocycles. The molecular formula is C18H15ClN2O4. The molecule has 0 aliphatic carbocycles. The maximum absolute atomic E-state index is 10.9. The summed E-state index contributed by atoms with van der Waals surface area (Å²) in [7, 11) is 1.49. The number of hydrogen-bond donors (Lipinski definition) is 0. The van der Waals surface area contributed by atoms with Gasteiger partial charge in [0.1, 0.15) is 0 Å². The van der Waals surface area contributed by atoms with Crippen molar-refractivity contribution >= 4 is 28.9 Å². The van der Waals surface area contributed by atoms with Gasteiger partial charge in [-0.05, 0) is 36.3 Å². The van der Waals surface area contributed by atoms with Crippen molar-refractivity contribution in [2.45, 2.75) is 6.92 Å². The Kier molecular flexibility index (Phi) is 5.98. The number of nitriles is 1. The minimum Gasteiger partial charge on any atom is -0.493 e. The monoisotopic (exact) mass is 358 g/mol. The molecule has 0 spiro atoms. The molecule has 6 nitrogen and oxygen atoms in total. The Morgan fingerprint density at radius 2 is 2.16 bits per heavy atom. The van der Waals surface area contributed by atoms with Gasteiger partial charge in [-0.25, -0.2) is 0 Å². The molecule has 0 saturated carbocycles. The fourth-order valence-corrected chi connectivity index (χ4v) is 2.52. The number of allylic oxidation sites excluding steroid dienone is 1. The third kappa shape index (κ3) is 4.28. The summed E-state index contributed by atoms with van der Waals surface area (Å²) in [6.07, 6.45) is 1.59. The van der Waals surface area contributed by atoms with Crippen LogP contribution in [0.5, 0.6) is 11.5 Å². The summed E-state index contributed by atoms with van der Waals surface area (Å²) >= 11 is 6.23. The van der Waals surface area contributed by atoms with E-state index in [1.54, 1.807) is 24.3 Å². The van der Waals surface area contributed by atoms with Crippen LogP contribution in [-0.4, -0.2) is 18.6 Å². The molecule has 0 aliphatic heterocycles. The lowest BCUT2D eigenvalue weighted by Crippen LogP contribution is -1.97. The van der Waals surface area contributed by atoms with E-state index in [1.807, 2.05) is 6.92 Å². The van der Waals surface area contributed by atoms with Crippen LogP contribution >= 0.6 is 11.6 Å². The highest BCUT2D eigenvalue weighted by atomic mass is 35.5. The summed E-state index contributed by atoms with van der Waals surface area (Å²) in [6.45, 7) is 2.27. The number of methoxy groups -OCH3 is 1. The first-order valence-corrected chi connectivity index (χ1v) is 7.75. The summed E-state index contributed by atoms with van der Waals surface area (Å²) < 4.78 is 10.7. The molecule has 2 aromatic rings. The summed E-state index contributed by atoms with van der Waals surface area (Å²) in [6, 6.07) is 11.3. The molecule has 128 valence electrons. The van der Waals surface area contributed by atoms with Crippen LogP contribution in [0.2, 0.25) is 5.02 Å². The zero-order valence-corrected chi connectivity index (χ0v) is 14.4. The zero-order valence-electron chi connectivity index (χ0n) is 13.7. The first kappa shape index (κ1) is 18.3. The van der Waals surface area contributed by atoms with Gasteiger partial charge in [-0.2, -0.15) is 5.26 Å². The summed E-state index contributed by atoms with van der Waals surface area (Å²) in [5.41, 5.74) is 1.25. The number of rotatable bonds is 6. The summed E-state index contributed by atoms with van der Waals surface area (Å²) in [4.78, 5) is 10.4. The Labute approximate surface area is 150 Å². The van der Waals surface area contributed by atoms with Crippen molar-refractivity contribution in [2.24, 2.45) is 0 Å². The van der Waals surface area contributed by atoms with E-state index in [0.717, 1.165) is 0 Å². The molecule has 0 N–H and O–H groups in total. The van der Waals surface area contributed by atoms with Crippen LogP contribution in [0.4, 0.5) is 5.69 Å². The van der Waals surface area contributed by atoms with Gasteiger partial charge in [0.2, 0.25) is 0 Å². The van der Waals surface area contributed by atoms with Gasteiger partial charge in [0, 0.05) is 12.1 Å². The van der Waals surface area contributed by atoms with E-state index >= 15 is 0 Å². The van der Waals surface area contributed by atoms with Crippen molar-refractivity contribution in [3.05, 3.63) is 62.7 Å². The van der Waals surface area contributed by atoms with Gasteiger partial charge in [-0.15, -0.1) is 0 Å². The summed E-state index contributed by atoms with van der Waals surface area (Å²) in [5.74, 6) is 0.870. The van der Waals surface area contributed by atoms with Crippen molar-refractivity contribution in [3.8, 4) is 17.6 Å². The fourth-order valence-electron chi connectivity index (χ4n) is 2.24. The third-order valence-corrected chi connectivity index (χ3v) is 3.62. The highest BCUT2D eigenvalue weighted by Crippen LogP contribution is 2.37. The van der Waals surface area contributed by atoms with Gasteiger partial charge in [0.05, 0.1) is 35.3 Å². The number of nitro groups is 1. The third-order valence-electron chi connectivity index (χ3n) is 3.34. The van der Waals surface area contributed by atoms with Crippen molar-refractivity contribution in [3.63, 3.8) is 0 Å². The molecule has 0 aliphatic rings. The molecule has 0 heterocycles. The zero-order chi connectivity index (χ0) is 18.4. The predicted molar refractivity (Wildman–Crippen MR) is 95.8 cm³/mol. The van der Waals surface area contributed by atoms with Crippen LogP contribution in [0.25, 0.3) is 11.6 Å². The lowest BCUT2D eigenvalue weighted by Gasteiger charge is -2.12. The minimum absolute atomic E-state index is 0.0824. The molecule has 25 heavy (non-hydrogen) atoms. The molecule has 0 fully saturated rings. The second-order valence-electron chi connectivity index (χ2n) is 4.94. The van der Waals surface area contributed by atoms with E-state index in [4.69, 9.17) is 21.1 Å². The number of non-ortho nitro benzene ring substituents is 1. The predicted octanol–water partition coefficient (Wildman–Crippen LogP) is 4.72. The van der Waals surface area contributed by atoms with Crippen molar-refractivity contribution in [2.75, 3.05) is 13.7 Å². The molecule has 0 aromatic heterocycles. The summed E-state index contributed by atoms with van der Waals surface area (Å²) in [5, 5.41) is 20.7. The van der Waals surface area contributed by atoms with Gasteiger partial charge < -0.3 is 9.47 Å². The van der Waals surface area contributed by atoms with Gasteiger partial charge >= 0.3 is 0 Å². The Hall–Kier alpha value is -3.04. The lowest BCUT2D eigenvalue weighted by molar-refractivity contribution is -0.384. The molecular weight excluding hydrogens is 344 g/mol. The second-order valence-corrected chi connectivity index (χ2v) is 5.35. The highest BCUT2D eigenvalue weighted by Gasteiger charge is 2.13. The van der Waals surface area contributed by atoms with E-state index in [-0.39, 0.29) is 11.3 Å². The maximum Gasteiger partial charge on any atom is 0.270 e. The molecule has 0 saturated heterocycles. The van der Waals surface area contributed by atoms with Crippen LogP contribution in [-0.2, 0) is 0 Å². The highest BCUT2D eigenvalue weighted by molar-refractivity contribution is 6.32. The largest absolute Gasteiger partial charge is 0.493 e. The van der Waals surface area contributed by atoms with E-state index in [9.17, 15) is 15.4 Å². The lowest BCUT2D eigenvalue weighted by atomic mass is 10.0. The maximum atomic E-state index is 10.9. The minimum atomic E-state index is -0.505. The number of hydrogen-bond acceptors (Lipinski definition) is 5. The first-order chi connectivity index (χ1) is 12.0. The number of halogens is 1. The SMILES string of the molecule is CCOc1c(Cl)cc(/C=C(/C#N)c2cccc([N+](=O)[O-])c2)cc1OC. The number of nitrogens with zero attached hydrogens (tertiary/aromatic N) is 2. The fraction of sp³-hybridized carbons (Fsp3) is 0.167. The molecule has 0 atom stereocenters. The van der Waals surface area contributed by atoms with E-state index < -0.39 is 4.92 Å². The van der Waals surface area contributed by atoms with Crippen LogP contribution in [0.3, 0.4) is 0 Å². The molecule has 0 radical (unpaired) electrons. The molecule has 0 unspecified atom stereocenters. The van der Waals surface area contributed by atoms with Crippen molar-refractivity contribution < 1.29 is 14.4 Å². The number of benzene rings is 2. The quantitative estimate of drug-likeness (QED) is 0.323. The standard InChI is InChI=1S/C18H15ClN2O4/c1-3-25-18-16(19)8-12(9-17(18)24-2)7-14(11-20)13-5-4-6-15(10-13)21(22)23/h4-10H,3H2,1-2H3/b14-7-. The Bertz CT molecular complexity index is 872. The topological polar surface area (TPSA) is 85.4 Å². The average molecular weight is 359 g/mol. The average Bonchev–Trinajstić information content (AvgIpc) is 2.61. The van der Waals surface area contributed by atoms with Crippen LogP contribution in [0.1, 0.15) is 18.1 Å². The molecule has 0 amide bonds. The Morgan fingerprint density at radius 1 is 1.40 bits per heavy atom. The number of ether oxygens (including phenoxy) is 2. The van der Waals surface area contributed by atoms with Crippen LogP contribution < -0.4 is 9.47 Å². The van der Waals surface area contributed by atoms with E-state index in [2.05, 4.69) is 6.07 Å². The van der Waals surface area contributed by atoms with Crippen LogP contribution in [0.15, 0.2) is 36.4 Å².